The molecule has 3 aromatic rings. The largest absolute Gasteiger partial charge is 0.445 e. The highest BCUT2D eigenvalue weighted by molar-refractivity contribution is 5.94. The fraction of sp³-hybridized carbons (Fsp3) is 0.217. The average Bonchev–Trinajstić information content (AvgIpc) is 2.78. The number of aromatic nitrogens is 2. The van der Waals surface area contributed by atoms with E-state index >= 15 is 0 Å². The number of nitrogens with one attached hydrogen (secondary N) is 4. The maximum absolute atomic E-state index is 12.1. The number of benzene rings is 2. The van der Waals surface area contributed by atoms with Gasteiger partial charge < -0.3 is 26.0 Å². The Balaban J connectivity index is 1.44. The topological polar surface area (TPSA) is 117 Å². The molecular weight excluding hydrogens is 408 g/mol. The van der Waals surface area contributed by atoms with E-state index in [2.05, 4.69) is 31.2 Å². The summed E-state index contributed by atoms with van der Waals surface area (Å²) in [6.07, 6.45) is -0.652. The van der Waals surface area contributed by atoms with Crippen LogP contribution in [-0.2, 0) is 16.1 Å². The minimum atomic E-state index is -0.652. The molecule has 0 saturated heterocycles. The SMILES string of the molecule is CCNc1cc(Nc2ccc(NC(=O)CNC(=O)OCc3ccccc3)cc2)nc(C)n1. The van der Waals surface area contributed by atoms with Crippen molar-refractivity contribution in [3.63, 3.8) is 0 Å². The summed E-state index contributed by atoms with van der Waals surface area (Å²) in [5.74, 6) is 1.72. The number of rotatable bonds is 9. The van der Waals surface area contributed by atoms with E-state index in [1.165, 1.54) is 0 Å². The zero-order valence-corrected chi connectivity index (χ0v) is 18.0. The van der Waals surface area contributed by atoms with Gasteiger partial charge in [-0.1, -0.05) is 30.3 Å². The Bertz CT molecular complexity index is 1040. The molecule has 2 aromatic carbocycles. The Morgan fingerprint density at radius 2 is 1.62 bits per heavy atom. The van der Waals surface area contributed by atoms with Crippen LogP contribution in [0.2, 0.25) is 0 Å². The number of ether oxygens (including phenoxy) is 1. The third-order valence-electron chi connectivity index (χ3n) is 4.24. The molecule has 0 fully saturated rings. The van der Waals surface area contributed by atoms with Crippen LogP contribution in [0.15, 0.2) is 60.7 Å². The molecule has 1 aromatic heterocycles. The molecule has 9 heteroatoms. The van der Waals surface area contributed by atoms with E-state index in [1.54, 1.807) is 12.1 Å². The van der Waals surface area contributed by atoms with Crippen molar-refractivity contribution in [2.24, 2.45) is 0 Å². The number of amides is 2. The van der Waals surface area contributed by atoms with Crippen LogP contribution < -0.4 is 21.3 Å². The summed E-state index contributed by atoms with van der Waals surface area (Å²) in [4.78, 5) is 32.5. The number of anilines is 4. The molecule has 0 radical (unpaired) electrons. The van der Waals surface area contributed by atoms with Crippen LogP contribution in [0.25, 0.3) is 0 Å². The van der Waals surface area contributed by atoms with Crippen molar-refractivity contribution >= 4 is 35.0 Å². The zero-order valence-electron chi connectivity index (χ0n) is 18.0. The van der Waals surface area contributed by atoms with E-state index in [1.807, 2.05) is 62.4 Å². The smallest absolute Gasteiger partial charge is 0.407 e. The molecule has 1 heterocycles. The molecule has 3 rings (SSSR count). The molecule has 166 valence electrons. The number of nitrogens with zero attached hydrogens (tertiary/aromatic N) is 2. The van der Waals surface area contributed by atoms with E-state index < -0.39 is 6.09 Å². The number of hydrogen-bond acceptors (Lipinski definition) is 7. The zero-order chi connectivity index (χ0) is 22.8. The van der Waals surface area contributed by atoms with Gasteiger partial charge in [-0.05, 0) is 43.7 Å². The van der Waals surface area contributed by atoms with Crippen molar-refractivity contribution in [2.45, 2.75) is 20.5 Å². The van der Waals surface area contributed by atoms with Gasteiger partial charge in [0.15, 0.2) is 0 Å². The van der Waals surface area contributed by atoms with Crippen molar-refractivity contribution in [3.05, 3.63) is 72.1 Å². The van der Waals surface area contributed by atoms with E-state index in [0.717, 1.165) is 23.6 Å². The fourth-order valence-electron chi connectivity index (χ4n) is 2.82. The Morgan fingerprint density at radius 1 is 0.938 bits per heavy atom. The molecule has 2 amide bonds. The lowest BCUT2D eigenvalue weighted by atomic mass is 10.2. The van der Waals surface area contributed by atoms with Crippen molar-refractivity contribution < 1.29 is 14.3 Å². The summed E-state index contributed by atoms with van der Waals surface area (Å²) in [6, 6.07) is 18.3. The number of aryl methyl sites for hydroxylation is 1. The lowest BCUT2D eigenvalue weighted by Gasteiger charge is -2.11. The second-order valence-corrected chi connectivity index (χ2v) is 6.88. The first-order valence-corrected chi connectivity index (χ1v) is 10.2. The summed E-state index contributed by atoms with van der Waals surface area (Å²) in [5, 5.41) is 11.5. The third kappa shape index (κ3) is 7.28. The van der Waals surface area contributed by atoms with Crippen molar-refractivity contribution in [1.29, 1.82) is 0 Å². The fourth-order valence-corrected chi connectivity index (χ4v) is 2.82. The highest BCUT2D eigenvalue weighted by atomic mass is 16.5. The molecule has 32 heavy (non-hydrogen) atoms. The molecule has 0 aliphatic heterocycles. The molecule has 4 N–H and O–H groups in total. The number of carbonyl (C=O) groups excluding carboxylic acids is 2. The Hall–Kier alpha value is -4.14. The predicted octanol–water partition coefficient (Wildman–Crippen LogP) is 3.83. The monoisotopic (exact) mass is 434 g/mol. The predicted molar refractivity (Wildman–Crippen MR) is 124 cm³/mol. The van der Waals surface area contributed by atoms with Crippen LogP contribution in [0.3, 0.4) is 0 Å². The van der Waals surface area contributed by atoms with Crippen LogP contribution in [0.5, 0.6) is 0 Å². The Kier molecular flexibility index (Phi) is 7.96. The number of alkyl carbamates (subject to hydrolysis) is 1. The molecule has 0 aliphatic carbocycles. The lowest BCUT2D eigenvalue weighted by Crippen LogP contribution is -2.33. The van der Waals surface area contributed by atoms with Crippen molar-refractivity contribution in [1.82, 2.24) is 15.3 Å². The van der Waals surface area contributed by atoms with Crippen LogP contribution in [0.4, 0.5) is 27.8 Å². The third-order valence-corrected chi connectivity index (χ3v) is 4.24. The molecule has 0 unspecified atom stereocenters. The van der Waals surface area contributed by atoms with Crippen LogP contribution >= 0.6 is 0 Å². The molecule has 9 nitrogen and oxygen atoms in total. The molecule has 0 saturated carbocycles. The van der Waals surface area contributed by atoms with Gasteiger partial charge in [-0.2, -0.15) is 0 Å². The van der Waals surface area contributed by atoms with Gasteiger partial charge in [0.2, 0.25) is 5.91 Å². The first-order chi connectivity index (χ1) is 15.5. The van der Waals surface area contributed by atoms with Crippen LogP contribution in [0.1, 0.15) is 18.3 Å². The number of carbonyl (C=O) groups is 2. The van der Waals surface area contributed by atoms with Gasteiger partial charge >= 0.3 is 6.09 Å². The quantitative estimate of drug-likeness (QED) is 0.404. The van der Waals surface area contributed by atoms with Crippen molar-refractivity contribution in [2.75, 3.05) is 29.0 Å². The van der Waals surface area contributed by atoms with Gasteiger partial charge in [0.05, 0.1) is 0 Å². The highest BCUT2D eigenvalue weighted by Crippen LogP contribution is 2.19. The minimum Gasteiger partial charge on any atom is -0.445 e. The lowest BCUT2D eigenvalue weighted by molar-refractivity contribution is -0.115. The summed E-state index contributed by atoms with van der Waals surface area (Å²) >= 11 is 0. The molecule has 0 spiro atoms. The van der Waals surface area contributed by atoms with Gasteiger partial charge in [0, 0.05) is 24.0 Å². The molecule has 0 bridgehead atoms. The van der Waals surface area contributed by atoms with E-state index in [-0.39, 0.29) is 19.1 Å². The maximum atomic E-state index is 12.1. The second kappa shape index (κ2) is 11.3. The average molecular weight is 435 g/mol. The summed E-state index contributed by atoms with van der Waals surface area (Å²) in [7, 11) is 0. The summed E-state index contributed by atoms with van der Waals surface area (Å²) in [5.41, 5.74) is 2.29. The van der Waals surface area contributed by atoms with Gasteiger partial charge in [-0.25, -0.2) is 14.8 Å². The normalized spacial score (nSPS) is 10.2. The van der Waals surface area contributed by atoms with Gasteiger partial charge in [-0.15, -0.1) is 0 Å². The van der Waals surface area contributed by atoms with E-state index in [9.17, 15) is 9.59 Å². The minimum absolute atomic E-state index is 0.143. The summed E-state index contributed by atoms with van der Waals surface area (Å²) < 4.78 is 5.08. The maximum Gasteiger partial charge on any atom is 0.407 e. The molecular formula is C23H26N6O3. The Morgan fingerprint density at radius 3 is 2.34 bits per heavy atom. The van der Waals surface area contributed by atoms with Gasteiger partial charge in [0.25, 0.3) is 0 Å². The first kappa shape index (κ1) is 22.5. The molecule has 0 atom stereocenters. The van der Waals surface area contributed by atoms with Crippen LogP contribution in [0, 0.1) is 6.92 Å². The summed E-state index contributed by atoms with van der Waals surface area (Å²) in [6.45, 7) is 4.55. The Labute approximate surface area is 186 Å². The number of hydrogen-bond donors (Lipinski definition) is 4. The van der Waals surface area contributed by atoms with E-state index in [4.69, 9.17) is 4.74 Å². The van der Waals surface area contributed by atoms with Crippen molar-refractivity contribution in [3.8, 4) is 0 Å². The van der Waals surface area contributed by atoms with Gasteiger partial charge in [-0.3, -0.25) is 4.79 Å². The standard InChI is InChI=1S/C23H26N6O3/c1-3-24-20-13-21(27-16(2)26-20)28-18-9-11-19(12-10-18)29-22(30)14-25-23(31)32-15-17-7-5-4-6-8-17/h4-13H,3,14-15H2,1-2H3,(H,25,31)(H,29,30)(H2,24,26,27,28). The van der Waals surface area contributed by atoms with Crippen LogP contribution in [-0.4, -0.2) is 35.1 Å². The first-order valence-electron chi connectivity index (χ1n) is 10.2. The van der Waals surface area contributed by atoms with Gasteiger partial charge in [0.1, 0.15) is 30.6 Å². The highest BCUT2D eigenvalue weighted by Gasteiger charge is 2.08. The molecule has 0 aliphatic rings. The van der Waals surface area contributed by atoms with E-state index in [0.29, 0.717) is 17.3 Å². The second-order valence-electron chi connectivity index (χ2n) is 6.88.